The average Bonchev–Trinajstić information content (AvgIpc) is 2.39. The lowest BCUT2D eigenvalue weighted by atomic mass is 10.1. The lowest BCUT2D eigenvalue weighted by molar-refractivity contribution is 0.111. The number of hydrogen-bond donors (Lipinski definition) is 0. The minimum Gasteiger partial charge on any atom is -0.435 e. The average molecular weight is 235 g/mol. The lowest BCUT2D eigenvalue weighted by Crippen LogP contribution is -2.34. The molecule has 1 aromatic carbocycles. The van der Waals surface area contributed by atoms with Crippen LogP contribution in [0, 0.1) is 6.92 Å². The molecule has 0 spiro atoms. The molecular formula is C12H13NO2S. The summed E-state index contributed by atoms with van der Waals surface area (Å²) in [5.41, 5.74) is 1.20. The van der Waals surface area contributed by atoms with Gasteiger partial charge in [0.1, 0.15) is 4.99 Å². The van der Waals surface area contributed by atoms with Crippen LogP contribution in [0.15, 0.2) is 24.3 Å². The minimum absolute atomic E-state index is 0.404. The van der Waals surface area contributed by atoms with Crippen molar-refractivity contribution in [1.29, 1.82) is 0 Å². The van der Waals surface area contributed by atoms with Gasteiger partial charge in [0.05, 0.1) is 5.69 Å². The summed E-state index contributed by atoms with van der Waals surface area (Å²) >= 11 is 5.25. The van der Waals surface area contributed by atoms with E-state index in [1.165, 1.54) is 4.90 Å². The fraction of sp³-hybridized carbons (Fsp3) is 0.333. The number of hydrogen-bond acceptors (Lipinski definition) is 3. The van der Waals surface area contributed by atoms with Crippen molar-refractivity contribution in [2.45, 2.75) is 26.4 Å². The molecule has 0 aliphatic carbocycles. The molecule has 84 valence electrons. The molecule has 0 radical (unpaired) electrons. The van der Waals surface area contributed by atoms with Crippen molar-refractivity contribution in [2.75, 3.05) is 4.90 Å². The van der Waals surface area contributed by atoms with E-state index in [4.69, 9.17) is 17.0 Å². The number of nitrogens with zero attached hydrogens (tertiary/aromatic N) is 1. The number of carbonyl (C=O) groups excluding carboxylic acids is 1. The number of aryl methyl sites for hydroxylation is 1. The Balaban J connectivity index is 2.39. The Bertz CT molecular complexity index is 451. The van der Waals surface area contributed by atoms with E-state index in [-0.39, 0.29) is 0 Å². The van der Waals surface area contributed by atoms with Crippen LogP contribution in [-0.2, 0) is 4.74 Å². The number of amides is 1. The quantitative estimate of drug-likeness (QED) is 0.701. The first-order chi connectivity index (χ1) is 7.42. The van der Waals surface area contributed by atoms with E-state index in [1.54, 1.807) is 13.8 Å². The van der Waals surface area contributed by atoms with Crippen molar-refractivity contribution < 1.29 is 9.53 Å². The summed E-state index contributed by atoms with van der Waals surface area (Å²) < 4.78 is 5.20. The van der Waals surface area contributed by atoms with E-state index in [0.29, 0.717) is 4.99 Å². The highest BCUT2D eigenvalue weighted by atomic mass is 32.1. The third kappa shape index (κ3) is 1.69. The second-order valence-corrected chi connectivity index (χ2v) is 4.74. The van der Waals surface area contributed by atoms with Gasteiger partial charge in [-0.05, 0) is 32.9 Å². The number of cyclic esters (lactones) is 1. The number of ether oxygens (including phenoxy) is 1. The Morgan fingerprint density at radius 2 is 1.81 bits per heavy atom. The van der Waals surface area contributed by atoms with Gasteiger partial charge in [-0.3, -0.25) is 0 Å². The third-order valence-electron chi connectivity index (χ3n) is 2.54. The smallest absolute Gasteiger partial charge is 0.420 e. The van der Waals surface area contributed by atoms with Crippen LogP contribution in [0.25, 0.3) is 0 Å². The zero-order valence-electron chi connectivity index (χ0n) is 9.48. The molecule has 4 heteroatoms. The zero-order chi connectivity index (χ0) is 11.9. The summed E-state index contributed by atoms with van der Waals surface area (Å²) in [6.45, 7) is 5.58. The molecule has 1 aromatic rings. The third-order valence-corrected chi connectivity index (χ3v) is 3.21. The summed E-state index contributed by atoms with van der Waals surface area (Å²) in [7, 11) is 0. The van der Waals surface area contributed by atoms with Crippen molar-refractivity contribution in [3.05, 3.63) is 29.8 Å². The van der Waals surface area contributed by atoms with Gasteiger partial charge in [0.25, 0.3) is 0 Å². The first-order valence-electron chi connectivity index (χ1n) is 5.06. The molecule has 1 amide bonds. The SMILES string of the molecule is Cc1ccc(N2C(=O)OC(C)(C)C2=S)cc1. The Morgan fingerprint density at radius 3 is 2.25 bits per heavy atom. The maximum atomic E-state index is 11.7. The molecule has 0 N–H and O–H groups in total. The minimum atomic E-state index is -0.697. The second-order valence-electron chi connectivity index (χ2n) is 4.35. The van der Waals surface area contributed by atoms with Crippen molar-refractivity contribution >= 4 is 29.0 Å². The van der Waals surface area contributed by atoms with Gasteiger partial charge < -0.3 is 4.74 Å². The molecule has 0 aromatic heterocycles. The molecule has 1 aliphatic rings. The largest absolute Gasteiger partial charge is 0.435 e. The molecule has 0 unspecified atom stereocenters. The molecular weight excluding hydrogens is 222 g/mol. The topological polar surface area (TPSA) is 29.5 Å². The highest BCUT2D eigenvalue weighted by Gasteiger charge is 2.44. The van der Waals surface area contributed by atoms with Gasteiger partial charge in [0, 0.05) is 0 Å². The normalized spacial score (nSPS) is 18.8. The van der Waals surface area contributed by atoms with Crippen LogP contribution in [0.4, 0.5) is 10.5 Å². The Hall–Kier alpha value is -1.42. The number of anilines is 1. The first-order valence-corrected chi connectivity index (χ1v) is 5.47. The van der Waals surface area contributed by atoms with Gasteiger partial charge in [-0.2, -0.15) is 0 Å². The standard InChI is InChI=1S/C12H13NO2S/c1-8-4-6-9(7-5-8)13-10(16)12(2,3)15-11(13)14/h4-7H,1-3H3. The molecule has 2 rings (SSSR count). The summed E-state index contributed by atoms with van der Waals surface area (Å²) in [6.07, 6.45) is -0.404. The van der Waals surface area contributed by atoms with E-state index in [1.807, 2.05) is 31.2 Å². The van der Waals surface area contributed by atoms with E-state index in [2.05, 4.69) is 0 Å². The van der Waals surface area contributed by atoms with Crippen LogP contribution in [0.1, 0.15) is 19.4 Å². The van der Waals surface area contributed by atoms with Gasteiger partial charge in [-0.15, -0.1) is 0 Å². The molecule has 1 aliphatic heterocycles. The summed E-state index contributed by atoms with van der Waals surface area (Å²) in [5.74, 6) is 0. The van der Waals surface area contributed by atoms with Crippen LogP contribution in [-0.4, -0.2) is 16.7 Å². The van der Waals surface area contributed by atoms with Crippen LogP contribution in [0.5, 0.6) is 0 Å². The maximum absolute atomic E-state index is 11.7. The van der Waals surface area contributed by atoms with Gasteiger partial charge in [0.2, 0.25) is 0 Å². The molecule has 0 atom stereocenters. The summed E-state index contributed by atoms with van der Waals surface area (Å²) in [6, 6.07) is 7.61. The molecule has 0 saturated carbocycles. The number of carbonyl (C=O) groups is 1. The van der Waals surface area contributed by atoms with E-state index in [0.717, 1.165) is 11.3 Å². The Morgan fingerprint density at radius 1 is 1.25 bits per heavy atom. The van der Waals surface area contributed by atoms with E-state index >= 15 is 0 Å². The Labute approximate surface area is 100 Å². The fourth-order valence-corrected chi connectivity index (χ4v) is 1.80. The van der Waals surface area contributed by atoms with Gasteiger partial charge in [-0.1, -0.05) is 29.9 Å². The predicted molar refractivity (Wildman–Crippen MR) is 66.8 cm³/mol. The monoisotopic (exact) mass is 235 g/mol. The van der Waals surface area contributed by atoms with Crippen molar-refractivity contribution in [3.63, 3.8) is 0 Å². The number of benzene rings is 1. The highest BCUT2D eigenvalue weighted by Crippen LogP contribution is 2.30. The zero-order valence-corrected chi connectivity index (χ0v) is 10.3. The molecule has 0 bridgehead atoms. The van der Waals surface area contributed by atoms with Gasteiger partial charge in [-0.25, -0.2) is 9.69 Å². The lowest BCUT2D eigenvalue weighted by Gasteiger charge is -2.17. The highest BCUT2D eigenvalue weighted by molar-refractivity contribution is 7.81. The van der Waals surface area contributed by atoms with E-state index in [9.17, 15) is 4.79 Å². The van der Waals surface area contributed by atoms with Crippen LogP contribution in [0.3, 0.4) is 0 Å². The van der Waals surface area contributed by atoms with Crippen LogP contribution in [0.2, 0.25) is 0 Å². The number of thiocarbonyl (C=S) groups is 1. The van der Waals surface area contributed by atoms with Gasteiger partial charge >= 0.3 is 6.09 Å². The summed E-state index contributed by atoms with van der Waals surface area (Å²) in [4.78, 5) is 13.6. The fourth-order valence-electron chi connectivity index (χ4n) is 1.58. The van der Waals surface area contributed by atoms with Gasteiger partial charge in [0.15, 0.2) is 5.60 Å². The molecule has 3 nitrogen and oxygen atoms in total. The Kier molecular flexibility index (Phi) is 2.46. The van der Waals surface area contributed by atoms with Crippen LogP contribution < -0.4 is 4.90 Å². The predicted octanol–water partition coefficient (Wildman–Crippen LogP) is 3.06. The first kappa shape index (κ1) is 11.1. The van der Waals surface area contributed by atoms with Crippen molar-refractivity contribution in [3.8, 4) is 0 Å². The molecule has 16 heavy (non-hydrogen) atoms. The summed E-state index contributed by atoms with van der Waals surface area (Å²) in [5, 5.41) is 0. The molecule has 1 heterocycles. The molecule has 1 fully saturated rings. The van der Waals surface area contributed by atoms with Crippen LogP contribution >= 0.6 is 12.2 Å². The van der Waals surface area contributed by atoms with E-state index < -0.39 is 11.7 Å². The maximum Gasteiger partial charge on any atom is 0.420 e. The number of rotatable bonds is 1. The molecule has 1 saturated heterocycles. The second kappa shape index (κ2) is 3.56. The van der Waals surface area contributed by atoms with Crippen molar-refractivity contribution in [1.82, 2.24) is 0 Å². The van der Waals surface area contributed by atoms with Crippen molar-refractivity contribution in [2.24, 2.45) is 0 Å².